The molecule has 7 heteroatoms. The molecule has 0 bridgehead atoms. The van der Waals surface area contributed by atoms with Crippen LogP contribution in [0.4, 0.5) is 16.2 Å². The van der Waals surface area contributed by atoms with Gasteiger partial charge >= 0.3 is 6.16 Å². The second-order valence-electron chi connectivity index (χ2n) is 9.74. The molecule has 0 saturated carbocycles. The van der Waals surface area contributed by atoms with Crippen LogP contribution in [0.5, 0.6) is 0 Å². The van der Waals surface area contributed by atoms with Crippen LogP contribution in [-0.2, 0) is 21.5 Å². The van der Waals surface area contributed by atoms with Crippen molar-refractivity contribution in [3.05, 3.63) is 115 Å². The molecule has 0 aliphatic carbocycles. The number of piperidine rings is 1. The lowest BCUT2D eigenvalue weighted by Gasteiger charge is -2.42. The van der Waals surface area contributed by atoms with Gasteiger partial charge in [0.05, 0.1) is 16.8 Å². The van der Waals surface area contributed by atoms with Gasteiger partial charge in [0.2, 0.25) is 5.91 Å². The fourth-order valence-electron chi connectivity index (χ4n) is 5.76. The van der Waals surface area contributed by atoms with Crippen LogP contribution in [0.3, 0.4) is 0 Å². The quantitative estimate of drug-likeness (QED) is 0.336. The number of rotatable bonds is 5. The molecule has 1 amide bonds. The number of fused-ring (bicyclic) bond motifs is 2. The molecule has 1 spiro atoms. The number of ether oxygens (including phenoxy) is 1. The first-order valence-corrected chi connectivity index (χ1v) is 12.7. The summed E-state index contributed by atoms with van der Waals surface area (Å²) in [5.41, 5.74) is 4.65. The molecule has 38 heavy (non-hydrogen) atoms. The summed E-state index contributed by atoms with van der Waals surface area (Å²) >= 11 is 0. The second kappa shape index (κ2) is 9.76. The molecule has 2 aliphatic heterocycles. The Hall–Kier alpha value is -4.49. The first-order valence-electron chi connectivity index (χ1n) is 12.7. The van der Waals surface area contributed by atoms with Crippen LogP contribution in [0, 0.1) is 0 Å². The number of hydrogen-bond acceptors (Lipinski definition) is 5. The Balaban J connectivity index is 1.33. The molecular formula is C31H27N3O4. The van der Waals surface area contributed by atoms with E-state index in [1.807, 2.05) is 89.8 Å². The van der Waals surface area contributed by atoms with Crippen molar-refractivity contribution in [2.45, 2.75) is 31.0 Å². The van der Waals surface area contributed by atoms with Crippen LogP contribution in [0.2, 0.25) is 0 Å². The summed E-state index contributed by atoms with van der Waals surface area (Å²) < 4.78 is 5.38. The predicted octanol–water partition coefficient (Wildman–Crippen LogP) is 5.98. The fourth-order valence-corrected chi connectivity index (χ4v) is 5.76. The highest BCUT2D eigenvalue weighted by Gasteiger charge is 2.55. The maximum atomic E-state index is 14.3. The lowest BCUT2D eigenvalue weighted by atomic mass is 9.73. The minimum atomic E-state index is -1.36. The van der Waals surface area contributed by atoms with Crippen LogP contribution in [0.15, 0.2) is 103 Å². The highest BCUT2D eigenvalue weighted by atomic mass is 16.7. The van der Waals surface area contributed by atoms with Gasteiger partial charge in [0.25, 0.3) is 0 Å². The molecule has 1 N–H and O–H groups in total. The number of likely N-dealkylation sites (tertiary alicyclic amines) is 1. The van der Waals surface area contributed by atoms with E-state index in [1.165, 1.54) is 0 Å². The van der Waals surface area contributed by atoms with E-state index in [9.17, 15) is 14.7 Å². The van der Waals surface area contributed by atoms with Gasteiger partial charge in [-0.2, -0.15) is 0 Å². The molecule has 2 atom stereocenters. The van der Waals surface area contributed by atoms with E-state index >= 15 is 0 Å². The summed E-state index contributed by atoms with van der Waals surface area (Å²) in [4.78, 5) is 34.1. The molecule has 190 valence electrons. The molecule has 1 fully saturated rings. The molecule has 1 aromatic heterocycles. The number of benzene rings is 3. The van der Waals surface area contributed by atoms with E-state index in [-0.39, 0.29) is 12.3 Å². The Morgan fingerprint density at radius 3 is 2.37 bits per heavy atom. The molecule has 1 saturated heterocycles. The molecule has 3 heterocycles. The molecule has 2 aliphatic rings. The number of hydrogen-bond donors (Lipinski definition) is 1. The van der Waals surface area contributed by atoms with Crippen molar-refractivity contribution < 1.29 is 19.4 Å². The van der Waals surface area contributed by atoms with E-state index in [0.29, 0.717) is 19.5 Å². The highest BCUT2D eigenvalue weighted by Crippen LogP contribution is 2.52. The van der Waals surface area contributed by atoms with Gasteiger partial charge in [-0.15, -0.1) is 0 Å². The average Bonchev–Trinajstić information content (AvgIpc) is 3.18. The Morgan fingerprint density at radius 1 is 0.921 bits per heavy atom. The SMILES string of the molecule is O=C(O)OC1CC2(CCN1Cc1ccccn1)C(=O)N(c1ccc(-c3ccccc3)cc1)c1ccccc12. The van der Waals surface area contributed by atoms with Crippen molar-refractivity contribution in [2.24, 2.45) is 0 Å². The summed E-state index contributed by atoms with van der Waals surface area (Å²) in [6.45, 7) is 0.935. The number of pyridine rings is 1. The van der Waals surface area contributed by atoms with Crippen LogP contribution >= 0.6 is 0 Å². The lowest BCUT2D eigenvalue weighted by molar-refractivity contribution is -0.132. The summed E-state index contributed by atoms with van der Waals surface area (Å²) in [5, 5.41) is 9.53. The van der Waals surface area contributed by atoms with Crippen LogP contribution in [0.1, 0.15) is 24.1 Å². The van der Waals surface area contributed by atoms with Gasteiger partial charge < -0.3 is 9.84 Å². The monoisotopic (exact) mass is 505 g/mol. The largest absolute Gasteiger partial charge is 0.507 e. The van der Waals surface area contributed by atoms with E-state index in [1.54, 1.807) is 11.1 Å². The van der Waals surface area contributed by atoms with Crippen LogP contribution < -0.4 is 4.90 Å². The summed E-state index contributed by atoms with van der Waals surface area (Å²) in [5.74, 6) is -0.0531. The van der Waals surface area contributed by atoms with Gasteiger partial charge in [0, 0.05) is 31.4 Å². The first-order chi connectivity index (χ1) is 18.5. The lowest BCUT2D eigenvalue weighted by Crippen LogP contribution is -2.53. The standard InChI is InChI=1S/C31H27N3O4/c35-29-31(17-19-33(28(20-31)38-30(36)37)21-24-10-6-7-18-32-24)26-11-4-5-12-27(26)34(29)25-15-13-23(14-16-25)22-8-2-1-3-9-22/h1-16,18,28H,17,19-21H2,(H,36,37). The number of carboxylic acid groups (broad SMARTS) is 1. The number of aromatic nitrogens is 1. The van der Waals surface area contributed by atoms with E-state index in [4.69, 9.17) is 4.74 Å². The zero-order valence-corrected chi connectivity index (χ0v) is 20.7. The number of anilines is 2. The van der Waals surface area contributed by atoms with Crippen molar-refractivity contribution >= 4 is 23.4 Å². The molecule has 3 aromatic carbocycles. The minimum Gasteiger partial charge on any atom is -0.450 e. The first kappa shape index (κ1) is 23.9. The molecule has 6 rings (SSSR count). The second-order valence-corrected chi connectivity index (χ2v) is 9.74. The van der Waals surface area contributed by atoms with Crippen LogP contribution in [0.25, 0.3) is 11.1 Å². The van der Waals surface area contributed by atoms with Crippen LogP contribution in [-0.4, -0.2) is 39.8 Å². The Bertz CT molecular complexity index is 1460. The van der Waals surface area contributed by atoms with E-state index in [0.717, 1.165) is 33.8 Å². The number of nitrogens with zero attached hydrogens (tertiary/aromatic N) is 3. The molecule has 7 nitrogen and oxygen atoms in total. The molecule has 4 aromatic rings. The molecular weight excluding hydrogens is 478 g/mol. The zero-order chi connectivity index (χ0) is 26.1. The van der Waals surface area contributed by atoms with Crippen molar-refractivity contribution in [1.82, 2.24) is 9.88 Å². The molecule has 0 radical (unpaired) electrons. The van der Waals surface area contributed by atoms with Crippen molar-refractivity contribution in [1.29, 1.82) is 0 Å². The third-order valence-corrected chi connectivity index (χ3v) is 7.59. The topological polar surface area (TPSA) is 83.0 Å². The zero-order valence-electron chi connectivity index (χ0n) is 20.7. The Kier molecular flexibility index (Phi) is 6.13. The van der Waals surface area contributed by atoms with E-state index in [2.05, 4.69) is 17.1 Å². The number of amides is 1. The normalized spacial score (nSPS) is 20.9. The van der Waals surface area contributed by atoms with Crippen molar-refractivity contribution in [2.75, 3.05) is 11.4 Å². The third kappa shape index (κ3) is 4.21. The van der Waals surface area contributed by atoms with Gasteiger partial charge in [-0.25, -0.2) is 4.79 Å². The third-order valence-electron chi connectivity index (χ3n) is 7.59. The summed E-state index contributed by atoms with van der Waals surface area (Å²) in [6.07, 6.45) is 0.366. The highest BCUT2D eigenvalue weighted by molar-refractivity contribution is 6.13. The number of carbonyl (C=O) groups is 2. The predicted molar refractivity (Wildman–Crippen MR) is 144 cm³/mol. The maximum absolute atomic E-state index is 14.3. The summed E-state index contributed by atoms with van der Waals surface area (Å²) in [7, 11) is 0. The van der Waals surface area contributed by atoms with Gasteiger partial charge in [-0.05, 0) is 53.4 Å². The maximum Gasteiger partial charge on any atom is 0.507 e. The smallest absolute Gasteiger partial charge is 0.450 e. The average molecular weight is 506 g/mol. The Morgan fingerprint density at radius 2 is 1.63 bits per heavy atom. The van der Waals surface area contributed by atoms with Gasteiger partial charge in [0.1, 0.15) is 0 Å². The number of para-hydroxylation sites is 1. The molecule has 2 unspecified atom stereocenters. The van der Waals surface area contributed by atoms with Gasteiger partial charge in [0.15, 0.2) is 6.23 Å². The fraction of sp³-hybridized carbons (Fsp3) is 0.194. The number of carbonyl (C=O) groups excluding carboxylic acids is 1. The van der Waals surface area contributed by atoms with Crippen molar-refractivity contribution in [3.8, 4) is 11.1 Å². The van der Waals surface area contributed by atoms with Gasteiger partial charge in [-0.3, -0.25) is 19.6 Å². The van der Waals surface area contributed by atoms with Crippen molar-refractivity contribution in [3.63, 3.8) is 0 Å². The van der Waals surface area contributed by atoms with E-state index < -0.39 is 17.8 Å². The summed E-state index contributed by atoms with van der Waals surface area (Å²) in [6, 6.07) is 31.5. The minimum absolute atomic E-state index is 0.0531. The Labute approximate surface area is 220 Å². The van der Waals surface area contributed by atoms with Gasteiger partial charge in [-0.1, -0.05) is 66.7 Å².